The summed E-state index contributed by atoms with van der Waals surface area (Å²) in [6, 6.07) is 0. The van der Waals surface area contributed by atoms with Crippen LogP contribution in [-0.4, -0.2) is 79.6 Å². The van der Waals surface area contributed by atoms with E-state index >= 15 is 0 Å². The van der Waals surface area contributed by atoms with E-state index in [-0.39, 0.29) is 18.2 Å². The Balaban J connectivity index is 1.99. The van der Waals surface area contributed by atoms with Gasteiger partial charge in [-0.3, -0.25) is 9.59 Å². The van der Waals surface area contributed by atoms with Crippen molar-refractivity contribution in [2.45, 2.75) is 12.8 Å². The monoisotopic (exact) mass is 302 g/mol. The molecule has 8 nitrogen and oxygen atoms in total. The van der Waals surface area contributed by atoms with Gasteiger partial charge in [-0.15, -0.1) is 0 Å². The van der Waals surface area contributed by atoms with E-state index < -0.39 is 10.0 Å². The van der Waals surface area contributed by atoms with Gasteiger partial charge in [0, 0.05) is 46.1 Å². The third kappa shape index (κ3) is 3.15. The summed E-state index contributed by atoms with van der Waals surface area (Å²) >= 11 is 0. The number of piperazine rings is 1. The Morgan fingerprint density at radius 1 is 1.15 bits per heavy atom. The van der Waals surface area contributed by atoms with Gasteiger partial charge in [-0.2, -0.15) is 9.41 Å². The normalized spacial score (nSPS) is 21.9. The van der Waals surface area contributed by atoms with Gasteiger partial charge in [-0.1, -0.05) is 0 Å². The fraction of sp³-hybridized carbons (Fsp3) is 0.727. The van der Waals surface area contributed by atoms with Crippen molar-refractivity contribution in [3.63, 3.8) is 0 Å². The fourth-order valence-corrected chi connectivity index (χ4v) is 3.06. The van der Waals surface area contributed by atoms with Crippen LogP contribution in [0.1, 0.15) is 12.8 Å². The first-order chi connectivity index (χ1) is 9.29. The molecule has 112 valence electrons. The Labute approximate surface area is 118 Å². The Hall–Kier alpha value is -1.48. The van der Waals surface area contributed by atoms with Crippen LogP contribution in [0, 0.1) is 0 Å². The number of carbonyl (C=O) groups excluding carboxylic acids is 2. The lowest BCUT2D eigenvalue weighted by atomic mass is 10.1. The molecule has 9 heteroatoms. The minimum Gasteiger partial charge on any atom is -0.335 e. The lowest BCUT2D eigenvalue weighted by Crippen LogP contribution is -2.52. The highest BCUT2D eigenvalue weighted by atomic mass is 32.2. The molecule has 1 saturated heterocycles. The zero-order valence-electron chi connectivity index (χ0n) is 11.6. The van der Waals surface area contributed by atoms with Crippen molar-refractivity contribution in [3.8, 4) is 0 Å². The summed E-state index contributed by atoms with van der Waals surface area (Å²) in [5.41, 5.74) is 0.361. The van der Waals surface area contributed by atoms with Crippen LogP contribution < -0.4 is 0 Å². The standard InChI is InChI=1S/C11H18N4O4S/c1-13-10(16)4-3-9(12-13)11(17)14-5-7-15(8-6-14)20(2,18)19/h3-8H2,1-2H3. The van der Waals surface area contributed by atoms with Crippen LogP contribution in [0.5, 0.6) is 0 Å². The van der Waals surface area contributed by atoms with Crippen LogP contribution in [0.25, 0.3) is 0 Å². The molecule has 0 aromatic carbocycles. The van der Waals surface area contributed by atoms with E-state index in [1.54, 1.807) is 4.90 Å². The molecular formula is C11H18N4O4S. The largest absolute Gasteiger partial charge is 0.335 e. The maximum atomic E-state index is 12.3. The molecule has 0 bridgehead atoms. The predicted octanol–water partition coefficient (Wildman–Crippen LogP) is -1.30. The van der Waals surface area contributed by atoms with Gasteiger partial charge in [0.15, 0.2) is 0 Å². The molecule has 2 aliphatic heterocycles. The maximum absolute atomic E-state index is 12.3. The van der Waals surface area contributed by atoms with Crippen LogP contribution in [0.2, 0.25) is 0 Å². The number of hydrogen-bond donors (Lipinski definition) is 0. The molecule has 0 atom stereocenters. The predicted molar refractivity (Wildman–Crippen MR) is 72.4 cm³/mol. The van der Waals surface area contributed by atoms with E-state index in [2.05, 4.69) is 5.10 Å². The molecule has 20 heavy (non-hydrogen) atoms. The zero-order valence-corrected chi connectivity index (χ0v) is 12.4. The molecule has 0 aromatic rings. The SMILES string of the molecule is CN1N=C(C(=O)N2CCN(S(C)(=O)=O)CC2)CCC1=O. The zero-order chi connectivity index (χ0) is 14.9. The van der Waals surface area contributed by atoms with Gasteiger partial charge in [0.05, 0.1) is 6.26 Å². The van der Waals surface area contributed by atoms with Crippen molar-refractivity contribution in [3.05, 3.63) is 0 Å². The van der Waals surface area contributed by atoms with Gasteiger partial charge in [0.1, 0.15) is 5.71 Å². The van der Waals surface area contributed by atoms with Gasteiger partial charge >= 0.3 is 0 Å². The summed E-state index contributed by atoms with van der Waals surface area (Å²) in [6.45, 7) is 1.30. The van der Waals surface area contributed by atoms with Crippen molar-refractivity contribution in [1.29, 1.82) is 0 Å². The second-order valence-corrected chi connectivity index (χ2v) is 6.90. The van der Waals surface area contributed by atoms with Crippen LogP contribution in [0.15, 0.2) is 5.10 Å². The number of nitrogens with zero attached hydrogens (tertiary/aromatic N) is 4. The third-order valence-electron chi connectivity index (χ3n) is 3.45. The quantitative estimate of drug-likeness (QED) is 0.634. The first-order valence-electron chi connectivity index (χ1n) is 6.37. The topological polar surface area (TPSA) is 90.4 Å². The number of hydrogen-bond acceptors (Lipinski definition) is 5. The number of hydrazone groups is 1. The first-order valence-corrected chi connectivity index (χ1v) is 8.22. The minimum absolute atomic E-state index is 0.108. The Morgan fingerprint density at radius 2 is 1.75 bits per heavy atom. The fourth-order valence-electron chi connectivity index (χ4n) is 2.23. The van der Waals surface area contributed by atoms with E-state index in [4.69, 9.17) is 0 Å². The molecule has 0 saturated carbocycles. The molecule has 0 radical (unpaired) electrons. The smallest absolute Gasteiger partial charge is 0.270 e. The Bertz CT molecular complexity index is 549. The molecule has 0 aliphatic carbocycles. The van der Waals surface area contributed by atoms with Crippen LogP contribution in [0.3, 0.4) is 0 Å². The van der Waals surface area contributed by atoms with Crippen LogP contribution in [-0.2, 0) is 19.6 Å². The molecule has 0 spiro atoms. The van der Waals surface area contributed by atoms with Crippen molar-refractivity contribution in [1.82, 2.24) is 14.2 Å². The van der Waals surface area contributed by atoms with Gasteiger partial charge in [-0.25, -0.2) is 13.4 Å². The molecule has 1 fully saturated rings. The highest BCUT2D eigenvalue weighted by molar-refractivity contribution is 7.88. The van der Waals surface area contributed by atoms with E-state index in [1.807, 2.05) is 0 Å². The number of carbonyl (C=O) groups is 2. The Kier molecular flexibility index (Phi) is 4.09. The summed E-state index contributed by atoms with van der Waals surface area (Å²) in [4.78, 5) is 25.2. The van der Waals surface area contributed by atoms with Gasteiger partial charge < -0.3 is 4.90 Å². The maximum Gasteiger partial charge on any atom is 0.270 e. The van der Waals surface area contributed by atoms with Gasteiger partial charge in [0.2, 0.25) is 15.9 Å². The van der Waals surface area contributed by atoms with E-state index in [1.165, 1.54) is 16.4 Å². The molecule has 0 unspecified atom stereocenters. The highest BCUT2D eigenvalue weighted by Gasteiger charge is 2.30. The van der Waals surface area contributed by atoms with Crippen molar-refractivity contribution >= 4 is 27.5 Å². The van der Waals surface area contributed by atoms with E-state index in [0.717, 1.165) is 6.26 Å². The summed E-state index contributed by atoms with van der Waals surface area (Å²) in [5.74, 6) is -0.319. The van der Waals surface area contributed by atoms with Crippen molar-refractivity contribution in [2.24, 2.45) is 5.10 Å². The highest BCUT2D eigenvalue weighted by Crippen LogP contribution is 2.12. The van der Waals surface area contributed by atoms with Gasteiger partial charge in [-0.05, 0) is 0 Å². The van der Waals surface area contributed by atoms with E-state index in [9.17, 15) is 18.0 Å². The second-order valence-electron chi connectivity index (χ2n) is 4.92. The summed E-state index contributed by atoms with van der Waals surface area (Å²) in [7, 11) is -1.68. The first kappa shape index (κ1) is 14.9. The third-order valence-corrected chi connectivity index (χ3v) is 4.75. The van der Waals surface area contributed by atoms with Crippen molar-refractivity contribution < 1.29 is 18.0 Å². The molecule has 2 amide bonds. The number of rotatable bonds is 2. The average molecular weight is 302 g/mol. The summed E-state index contributed by atoms with van der Waals surface area (Å²) in [6.07, 6.45) is 1.79. The minimum atomic E-state index is -3.20. The van der Waals surface area contributed by atoms with Crippen LogP contribution in [0.4, 0.5) is 0 Å². The molecule has 0 N–H and O–H groups in total. The summed E-state index contributed by atoms with van der Waals surface area (Å²) < 4.78 is 24.2. The molecule has 0 aromatic heterocycles. The molecule has 2 aliphatic rings. The number of amides is 2. The molecular weight excluding hydrogens is 284 g/mol. The van der Waals surface area contributed by atoms with E-state index in [0.29, 0.717) is 38.3 Å². The lowest BCUT2D eigenvalue weighted by Gasteiger charge is -2.34. The number of sulfonamides is 1. The molecule has 2 heterocycles. The van der Waals surface area contributed by atoms with Crippen LogP contribution >= 0.6 is 0 Å². The second kappa shape index (κ2) is 5.49. The average Bonchev–Trinajstić information content (AvgIpc) is 2.40. The molecule has 2 rings (SSSR count). The van der Waals surface area contributed by atoms with Gasteiger partial charge in [0.25, 0.3) is 5.91 Å². The summed E-state index contributed by atoms with van der Waals surface area (Å²) in [5, 5.41) is 5.17. The lowest BCUT2D eigenvalue weighted by molar-refractivity contribution is -0.130. The van der Waals surface area contributed by atoms with Crippen molar-refractivity contribution in [2.75, 3.05) is 39.5 Å². The Morgan fingerprint density at radius 3 is 2.25 bits per heavy atom.